The molecule has 0 atom stereocenters. The summed E-state index contributed by atoms with van der Waals surface area (Å²) < 4.78 is 0. The highest BCUT2D eigenvalue weighted by Gasteiger charge is 2.09. The second-order valence-electron chi connectivity index (χ2n) is 8.30. The van der Waals surface area contributed by atoms with E-state index < -0.39 is 5.97 Å². The van der Waals surface area contributed by atoms with E-state index in [9.17, 15) is 4.79 Å². The van der Waals surface area contributed by atoms with Crippen molar-refractivity contribution in [1.29, 1.82) is 0 Å². The summed E-state index contributed by atoms with van der Waals surface area (Å²) in [7, 11) is 0. The smallest absolute Gasteiger partial charge is 0.303 e. The Kier molecular flexibility index (Phi) is 20.4. The van der Waals surface area contributed by atoms with Crippen LogP contribution in [0.1, 0.15) is 142 Å². The van der Waals surface area contributed by atoms with Crippen LogP contribution in [0.25, 0.3) is 0 Å². The Bertz CT molecular complexity index is 282. The van der Waals surface area contributed by atoms with Crippen molar-refractivity contribution in [2.24, 2.45) is 5.92 Å². The maximum absolute atomic E-state index is 10.3. The molecule has 0 spiro atoms. The number of hydrogen-bond acceptors (Lipinski definition) is 1. The van der Waals surface area contributed by atoms with Crippen LogP contribution < -0.4 is 0 Å². The third-order valence-corrected chi connectivity index (χ3v) is 5.80. The number of carboxylic acids is 1. The van der Waals surface area contributed by atoms with E-state index in [1.54, 1.807) is 0 Å². The van der Waals surface area contributed by atoms with E-state index in [1.807, 2.05) is 0 Å². The number of carbonyl (C=O) groups is 1. The van der Waals surface area contributed by atoms with E-state index in [0.717, 1.165) is 18.8 Å². The molecular formula is C24H48O2. The fourth-order valence-electron chi connectivity index (χ4n) is 3.89. The molecule has 0 amide bonds. The van der Waals surface area contributed by atoms with Crippen LogP contribution in [0.15, 0.2) is 0 Å². The SMILES string of the molecule is CCC1CCCCC1.CCCCCCCCCCCCCCCC(=O)O. The van der Waals surface area contributed by atoms with E-state index in [0.29, 0.717) is 6.42 Å². The Morgan fingerprint density at radius 2 is 1.12 bits per heavy atom. The Hall–Kier alpha value is -0.530. The van der Waals surface area contributed by atoms with Crippen molar-refractivity contribution in [3.63, 3.8) is 0 Å². The van der Waals surface area contributed by atoms with Crippen molar-refractivity contribution in [2.45, 2.75) is 142 Å². The summed E-state index contributed by atoms with van der Waals surface area (Å²) in [6.45, 7) is 4.58. The molecule has 1 saturated carbocycles. The molecule has 0 saturated heterocycles. The lowest BCUT2D eigenvalue weighted by atomic mass is 9.88. The zero-order valence-corrected chi connectivity index (χ0v) is 18.1. The quantitative estimate of drug-likeness (QED) is 0.294. The van der Waals surface area contributed by atoms with Crippen LogP contribution in [-0.4, -0.2) is 11.1 Å². The first-order valence-corrected chi connectivity index (χ1v) is 11.9. The fraction of sp³-hybridized carbons (Fsp3) is 0.958. The highest BCUT2D eigenvalue weighted by atomic mass is 16.4. The van der Waals surface area contributed by atoms with Gasteiger partial charge < -0.3 is 5.11 Å². The first-order valence-electron chi connectivity index (χ1n) is 11.9. The Balaban J connectivity index is 0.000000642. The van der Waals surface area contributed by atoms with Gasteiger partial charge >= 0.3 is 5.97 Å². The maximum Gasteiger partial charge on any atom is 0.303 e. The van der Waals surface area contributed by atoms with Gasteiger partial charge in [0.1, 0.15) is 0 Å². The van der Waals surface area contributed by atoms with Gasteiger partial charge in [-0.05, 0) is 12.3 Å². The Morgan fingerprint density at radius 1 is 0.692 bits per heavy atom. The van der Waals surface area contributed by atoms with Gasteiger partial charge in [0.15, 0.2) is 0 Å². The minimum absolute atomic E-state index is 0.345. The molecule has 1 N–H and O–H groups in total. The summed E-state index contributed by atoms with van der Waals surface area (Å²) >= 11 is 0. The molecule has 1 fully saturated rings. The van der Waals surface area contributed by atoms with Crippen molar-refractivity contribution in [1.82, 2.24) is 0 Å². The molecule has 0 unspecified atom stereocenters. The van der Waals surface area contributed by atoms with E-state index in [4.69, 9.17) is 5.11 Å². The first-order chi connectivity index (χ1) is 12.7. The van der Waals surface area contributed by atoms with Crippen LogP contribution in [0.3, 0.4) is 0 Å². The maximum atomic E-state index is 10.3. The number of aliphatic carboxylic acids is 1. The van der Waals surface area contributed by atoms with Gasteiger partial charge in [-0.25, -0.2) is 0 Å². The Morgan fingerprint density at radius 3 is 1.46 bits per heavy atom. The Labute approximate surface area is 164 Å². The molecule has 1 aliphatic carbocycles. The highest BCUT2D eigenvalue weighted by molar-refractivity contribution is 5.66. The minimum Gasteiger partial charge on any atom is -0.481 e. The molecule has 1 rings (SSSR count). The van der Waals surface area contributed by atoms with Crippen LogP contribution in [0.2, 0.25) is 0 Å². The lowest BCUT2D eigenvalue weighted by Crippen LogP contribution is -2.03. The molecule has 0 heterocycles. The lowest BCUT2D eigenvalue weighted by molar-refractivity contribution is -0.137. The largest absolute Gasteiger partial charge is 0.481 e. The highest BCUT2D eigenvalue weighted by Crippen LogP contribution is 2.25. The molecule has 1 aliphatic rings. The van der Waals surface area contributed by atoms with Crippen molar-refractivity contribution in [3.8, 4) is 0 Å². The molecule has 2 nitrogen and oxygen atoms in total. The fourth-order valence-corrected chi connectivity index (χ4v) is 3.89. The normalized spacial score (nSPS) is 14.7. The zero-order valence-electron chi connectivity index (χ0n) is 18.1. The van der Waals surface area contributed by atoms with Crippen LogP contribution in [0.4, 0.5) is 0 Å². The monoisotopic (exact) mass is 368 g/mol. The van der Waals surface area contributed by atoms with Gasteiger partial charge in [0.05, 0.1) is 0 Å². The predicted molar refractivity (Wildman–Crippen MR) is 115 cm³/mol. The van der Waals surface area contributed by atoms with Crippen LogP contribution >= 0.6 is 0 Å². The molecule has 2 heteroatoms. The molecule has 0 aromatic carbocycles. The van der Waals surface area contributed by atoms with E-state index >= 15 is 0 Å². The van der Waals surface area contributed by atoms with E-state index in [-0.39, 0.29) is 0 Å². The number of hydrogen-bond donors (Lipinski definition) is 1. The standard InChI is InChI=1S/C16H32O2.C8H16/c1-2-3-4-5-6-7-8-9-10-11-12-13-14-15-16(17)18;1-2-8-6-4-3-5-7-8/h2-15H2,1H3,(H,17,18);8H,2-7H2,1H3. The second kappa shape index (κ2) is 20.8. The van der Waals surface area contributed by atoms with Gasteiger partial charge in [0, 0.05) is 6.42 Å². The molecule has 0 aromatic rings. The average molecular weight is 369 g/mol. The van der Waals surface area contributed by atoms with Gasteiger partial charge in [-0.1, -0.05) is 129 Å². The molecule has 0 aromatic heterocycles. The minimum atomic E-state index is -0.655. The number of rotatable bonds is 15. The average Bonchev–Trinajstić information content (AvgIpc) is 2.66. The van der Waals surface area contributed by atoms with Gasteiger partial charge in [-0.15, -0.1) is 0 Å². The molecular weight excluding hydrogens is 320 g/mol. The number of unbranched alkanes of at least 4 members (excludes halogenated alkanes) is 12. The van der Waals surface area contributed by atoms with Crippen molar-refractivity contribution < 1.29 is 9.90 Å². The topological polar surface area (TPSA) is 37.3 Å². The molecule has 0 radical (unpaired) electrons. The summed E-state index contributed by atoms with van der Waals surface area (Å²) in [4.78, 5) is 10.3. The van der Waals surface area contributed by atoms with Crippen molar-refractivity contribution in [2.75, 3.05) is 0 Å². The van der Waals surface area contributed by atoms with E-state index in [2.05, 4.69) is 13.8 Å². The summed E-state index contributed by atoms with van der Waals surface area (Å²) in [5.74, 6) is 0.432. The van der Waals surface area contributed by atoms with Gasteiger partial charge in [-0.2, -0.15) is 0 Å². The van der Waals surface area contributed by atoms with Crippen LogP contribution in [-0.2, 0) is 4.79 Å². The summed E-state index contributed by atoms with van der Waals surface area (Å²) in [5.41, 5.74) is 0. The van der Waals surface area contributed by atoms with E-state index in [1.165, 1.54) is 109 Å². The lowest BCUT2D eigenvalue weighted by Gasteiger charge is -2.18. The van der Waals surface area contributed by atoms with Gasteiger partial charge in [0.25, 0.3) is 0 Å². The van der Waals surface area contributed by atoms with Crippen LogP contribution in [0.5, 0.6) is 0 Å². The third-order valence-electron chi connectivity index (χ3n) is 5.80. The van der Waals surface area contributed by atoms with Crippen molar-refractivity contribution >= 4 is 5.97 Å². The third kappa shape index (κ3) is 19.8. The van der Waals surface area contributed by atoms with Crippen LogP contribution in [0, 0.1) is 5.92 Å². The number of carboxylic acid groups (broad SMARTS) is 1. The summed E-state index contributed by atoms with van der Waals surface area (Å²) in [6.07, 6.45) is 26.2. The predicted octanol–water partition coefficient (Wildman–Crippen LogP) is 8.53. The zero-order chi connectivity index (χ0) is 19.3. The molecule has 156 valence electrons. The van der Waals surface area contributed by atoms with Gasteiger partial charge in [0.2, 0.25) is 0 Å². The summed E-state index contributed by atoms with van der Waals surface area (Å²) in [6, 6.07) is 0. The molecule has 0 bridgehead atoms. The molecule has 0 aliphatic heterocycles. The van der Waals surface area contributed by atoms with Gasteiger partial charge in [-0.3, -0.25) is 4.79 Å². The summed E-state index contributed by atoms with van der Waals surface area (Å²) in [5, 5.41) is 8.49. The second-order valence-corrected chi connectivity index (χ2v) is 8.30. The molecule has 26 heavy (non-hydrogen) atoms. The van der Waals surface area contributed by atoms with Crippen molar-refractivity contribution in [3.05, 3.63) is 0 Å². The first kappa shape index (κ1) is 25.5.